The molecule has 1 aliphatic carbocycles. The molecule has 0 saturated carbocycles. The largest absolute Gasteiger partial charge is 0.0996 e. The van der Waals surface area contributed by atoms with E-state index in [1.165, 1.54) is 29.6 Å². The highest BCUT2D eigenvalue weighted by molar-refractivity contribution is 5.35. The second kappa shape index (κ2) is 10.5. The van der Waals surface area contributed by atoms with Gasteiger partial charge in [0.05, 0.1) is 0 Å². The van der Waals surface area contributed by atoms with Gasteiger partial charge in [0, 0.05) is 0 Å². The highest BCUT2D eigenvalue weighted by Crippen LogP contribution is 2.29. The Morgan fingerprint density at radius 2 is 1.96 bits per heavy atom. The van der Waals surface area contributed by atoms with E-state index in [1.807, 2.05) is 0 Å². The molecule has 2 atom stereocenters. The van der Waals surface area contributed by atoms with Crippen LogP contribution in [0.1, 0.15) is 73.1 Å². The molecule has 0 aliphatic heterocycles. The molecule has 0 heteroatoms. The predicted octanol–water partition coefficient (Wildman–Crippen LogP) is 7.56. The molecule has 0 radical (unpaired) electrons. The molecule has 0 saturated heterocycles. The average Bonchev–Trinajstić information content (AvgIpc) is 2.73. The van der Waals surface area contributed by atoms with Crippen molar-refractivity contribution in [3.05, 3.63) is 59.3 Å². The van der Waals surface area contributed by atoms with E-state index >= 15 is 0 Å². The minimum atomic E-state index is 0.598. The van der Waals surface area contributed by atoms with E-state index in [4.69, 9.17) is 0 Å². The lowest BCUT2D eigenvalue weighted by Gasteiger charge is -2.14. The number of allylic oxidation sites excluding steroid dienone is 9. The molecule has 0 bridgehead atoms. The van der Waals surface area contributed by atoms with E-state index < -0.39 is 0 Å². The zero-order valence-electron chi connectivity index (χ0n) is 16.0. The minimum Gasteiger partial charge on any atom is -0.0996 e. The van der Waals surface area contributed by atoms with Gasteiger partial charge in [0.1, 0.15) is 0 Å². The second-order valence-electron chi connectivity index (χ2n) is 6.92. The van der Waals surface area contributed by atoms with Gasteiger partial charge in [-0.15, -0.1) is 0 Å². The third-order valence-corrected chi connectivity index (χ3v) is 5.15. The summed E-state index contributed by atoms with van der Waals surface area (Å²) in [5.74, 6) is 1.27. The molecule has 0 aromatic rings. The van der Waals surface area contributed by atoms with Crippen LogP contribution in [0.2, 0.25) is 0 Å². The van der Waals surface area contributed by atoms with E-state index in [1.54, 1.807) is 5.57 Å². The lowest BCUT2D eigenvalue weighted by atomic mass is 9.92. The molecule has 1 rings (SSSR count). The van der Waals surface area contributed by atoms with Crippen molar-refractivity contribution in [2.75, 3.05) is 0 Å². The summed E-state index contributed by atoms with van der Waals surface area (Å²) in [5, 5.41) is 0. The van der Waals surface area contributed by atoms with E-state index in [-0.39, 0.29) is 0 Å². The first kappa shape index (κ1) is 19.7. The van der Waals surface area contributed by atoms with Crippen molar-refractivity contribution >= 4 is 0 Å². The number of hydrogen-bond donors (Lipinski definition) is 0. The quantitative estimate of drug-likeness (QED) is 0.405. The molecular weight excluding hydrogens is 276 g/mol. The lowest BCUT2D eigenvalue weighted by Crippen LogP contribution is -1.97. The summed E-state index contributed by atoms with van der Waals surface area (Å²) in [5.41, 5.74) is 5.95. The van der Waals surface area contributed by atoms with Crippen molar-refractivity contribution in [3.8, 4) is 0 Å². The molecule has 1 aliphatic rings. The van der Waals surface area contributed by atoms with Gasteiger partial charge in [-0.3, -0.25) is 0 Å². The fourth-order valence-electron chi connectivity index (χ4n) is 3.10. The Hall–Kier alpha value is -1.30. The normalized spacial score (nSPS) is 20.9. The van der Waals surface area contributed by atoms with Gasteiger partial charge >= 0.3 is 0 Å². The summed E-state index contributed by atoms with van der Waals surface area (Å²) in [6.45, 7) is 15.4. The molecule has 0 nitrogen and oxygen atoms in total. The van der Waals surface area contributed by atoms with Gasteiger partial charge in [-0.2, -0.15) is 0 Å². The van der Waals surface area contributed by atoms with E-state index in [0.717, 1.165) is 25.7 Å². The summed E-state index contributed by atoms with van der Waals surface area (Å²) >= 11 is 0. The number of rotatable bonds is 8. The molecule has 23 heavy (non-hydrogen) atoms. The lowest BCUT2D eigenvalue weighted by molar-refractivity contribution is 0.666. The first-order valence-electron chi connectivity index (χ1n) is 9.36. The van der Waals surface area contributed by atoms with E-state index in [0.29, 0.717) is 11.8 Å². The van der Waals surface area contributed by atoms with Crippen LogP contribution < -0.4 is 0 Å². The molecular formula is C23H36. The average molecular weight is 313 g/mol. The summed E-state index contributed by atoms with van der Waals surface area (Å²) in [6.07, 6.45) is 18.7. The Bertz CT molecular complexity index is 496. The topological polar surface area (TPSA) is 0 Å². The van der Waals surface area contributed by atoms with Crippen LogP contribution in [-0.4, -0.2) is 0 Å². The zero-order chi connectivity index (χ0) is 17.2. The first-order valence-corrected chi connectivity index (χ1v) is 9.36. The molecule has 0 fully saturated rings. The van der Waals surface area contributed by atoms with Crippen LogP contribution in [0, 0.1) is 11.8 Å². The van der Waals surface area contributed by atoms with Gasteiger partial charge in [0.25, 0.3) is 0 Å². The van der Waals surface area contributed by atoms with Crippen LogP contribution >= 0.6 is 0 Å². The SMILES string of the molecule is C=C(CC)C(C)CC=C(CC)CC1=CCC(C=CC)CC=C1C. The standard InChI is InChI=1S/C23H36/c1-7-10-22-14-12-20(6)23(16-15-22)17-21(9-3)13-11-19(5)18(4)8-2/h7,10,12-13,16,19,22H,4,8-9,11,14-15,17H2,1-3,5-6H3. The minimum absolute atomic E-state index is 0.598. The van der Waals surface area contributed by atoms with Gasteiger partial charge in [-0.05, 0) is 69.8 Å². The smallest absolute Gasteiger partial charge is 0.00679 e. The van der Waals surface area contributed by atoms with Crippen molar-refractivity contribution in [1.82, 2.24) is 0 Å². The first-order chi connectivity index (χ1) is 11.0. The van der Waals surface area contributed by atoms with Crippen LogP contribution in [0.4, 0.5) is 0 Å². The van der Waals surface area contributed by atoms with Crippen molar-refractivity contribution < 1.29 is 0 Å². The molecule has 0 amide bonds. The Balaban J connectivity index is 2.75. The second-order valence-corrected chi connectivity index (χ2v) is 6.92. The summed E-state index contributed by atoms with van der Waals surface area (Å²) < 4.78 is 0. The Morgan fingerprint density at radius 1 is 1.26 bits per heavy atom. The van der Waals surface area contributed by atoms with Gasteiger partial charge in [0.15, 0.2) is 0 Å². The highest BCUT2D eigenvalue weighted by atomic mass is 14.2. The summed E-state index contributed by atoms with van der Waals surface area (Å²) in [7, 11) is 0. The van der Waals surface area contributed by atoms with Gasteiger partial charge < -0.3 is 0 Å². The van der Waals surface area contributed by atoms with Crippen molar-refractivity contribution in [2.45, 2.75) is 73.1 Å². The maximum atomic E-state index is 4.19. The summed E-state index contributed by atoms with van der Waals surface area (Å²) in [4.78, 5) is 0. The van der Waals surface area contributed by atoms with Crippen molar-refractivity contribution in [1.29, 1.82) is 0 Å². The molecule has 0 N–H and O–H groups in total. The van der Waals surface area contributed by atoms with Crippen molar-refractivity contribution in [2.24, 2.45) is 11.8 Å². The monoisotopic (exact) mass is 312 g/mol. The van der Waals surface area contributed by atoms with Crippen LogP contribution in [0.3, 0.4) is 0 Å². The molecule has 2 unspecified atom stereocenters. The predicted molar refractivity (Wildman–Crippen MR) is 106 cm³/mol. The van der Waals surface area contributed by atoms with Gasteiger partial charge in [-0.1, -0.05) is 74.4 Å². The molecule has 0 heterocycles. The summed E-state index contributed by atoms with van der Waals surface area (Å²) in [6, 6.07) is 0. The third-order valence-electron chi connectivity index (χ3n) is 5.15. The Morgan fingerprint density at radius 3 is 2.57 bits per heavy atom. The van der Waals surface area contributed by atoms with Gasteiger partial charge in [-0.25, -0.2) is 0 Å². The Kier molecular flexibility index (Phi) is 8.99. The maximum absolute atomic E-state index is 4.19. The molecule has 0 aromatic heterocycles. The molecule has 0 aromatic carbocycles. The third kappa shape index (κ3) is 6.77. The zero-order valence-corrected chi connectivity index (χ0v) is 16.0. The van der Waals surface area contributed by atoms with Crippen LogP contribution in [0.5, 0.6) is 0 Å². The molecule has 0 spiro atoms. The van der Waals surface area contributed by atoms with E-state index in [9.17, 15) is 0 Å². The van der Waals surface area contributed by atoms with E-state index in [2.05, 4.69) is 71.6 Å². The van der Waals surface area contributed by atoms with Gasteiger partial charge in [0.2, 0.25) is 0 Å². The fourth-order valence-corrected chi connectivity index (χ4v) is 3.10. The maximum Gasteiger partial charge on any atom is -0.00679 e. The Labute approximate surface area is 144 Å². The highest BCUT2D eigenvalue weighted by Gasteiger charge is 2.11. The number of hydrogen-bond acceptors (Lipinski definition) is 0. The fraction of sp³-hybridized carbons (Fsp3) is 0.565. The van der Waals surface area contributed by atoms with Crippen LogP contribution in [0.15, 0.2) is 59.3 Å². The van der Waals surface area contributed by atoms with Crippen LogP contribution in [-0.2, 0) is 0 Å². The van der Waals surface area contributed by atoms with Crippen molar-refractivity contribution in [3.63, 3.8) is 0 Å². The van der Waals surface area contributed by atoms with Crippen LogP contribution in [0.25, 0.3) is 0 Å². The molecule has 128 valence electrons.